The zero-order valence-corrected chi connectivity index (χ0v) is 10.3. The number of hydrogen-bond acceptors (Lipinski definition) is 3. The first kappa shape index (κ1) is 11.9. The number of hydroxylamine groups is 2. The van der Waals surface area contributed by atoms with E-state index in [4.69, 9.17) is 4.84 Å². The third-order valence-corrected chi connectivity index (χ3v) is 3.51. The number of carbonyl (C=O) groups excluding carboxylic acids is 1. The van der Waals surface area contributed by atoms with Crippen molar-refractivity contribution in [2.45, 2.75) is 19.8 Å². The van der Waals surface area contributed by atoms with Gasteiger partial charge in [0.05, 0.1) is 12.5 Å². The molecule has 2 atom stereocenters. The predicted molar refractivity (Wildman–Crippen MR) is 58.4 cm³/mol. The van der Waals surface area contributed by atoms with Gasteiger partial charge < -0.3 is 0 Å². The average Bonchev–Trinajstić information content (AvgIpc) is 2.59. The Morgan fingerprint density at radius 2 is 2.36 bits per heavy atom. The summed E-state index contributed by atoms with van der Waals surface area (Å²) in [5.41, 5.74) is -0.244. The van der Waals surface area contributed by atoms with E-state index in [2.05, 4.69) is 21.0 Å². The second-order valence-electron chi connectivity index (χ2n) is 3.84. The van der Waals surface area contributed by atoms with Crippen LogP contribution in [0.4, 0.5) is 0 Å². The first-order valence-corrected chi connectivity index (χ1v) is 5.39. The summed E-state index contributed by atoms with van der Waals surface area (Å²) >= 11 is 0. The molecule has 0 aromatic rings. The molecular formula is C9H19N2O2P. The van der Waals surface area contributed by atoms with Crippen molar-refractivity contribution >= 4 is 15.3 Å². The highest BCUT2D eigenvalue weighted by atomic mass is 31.0. The van der Waals surface area contributed by atoms with Crippen molar-refractivity contribution in [1.29, 1.82) is 0 Å². The van der Waals surface area contributed by atoms with Crippen molar-refractivity contribution < 1.29 is 9.63 Å². The lowest BCUT2D eigenvalue weighted by Gasteiger charge is -2.29. The van der Waals surface area contributed by atoms with Crippen LogP contribution in [0.5, 0.6) is 0 Å². The van der Waals surface area contributed by atoms with Crippen LogP contribution in [0.25, 0.3) is 0 Å². The molecule has 1 fully saturated rings. The quantitative estimate of drug-likeness (QED) is 0.521. The van der Waals surface area contributed by atoms with Gasteiger partial charge in [-0.15, -0.1) is 0 Å². The Morgan fingerprint density at radius 1 is 1.71 bits per heavy atom. The Bertz CT molecular complexity index is 225. The van der Waals surface area contributed by atoms with E-state index in [9.17, 15) is 4.79 Å². The van der Waals surface area contributed by atoms with Crippen molar-refractivity contribution in [3.8, 4) is 0 Å². The molecule has 0 spiro atoms. The third kappa shape index (κ3) is 2.08. The maximum Gasteiger partial charge on any atom is 0.253 e. The molecule has 0 radical (unpaired) electrons. The fraction of sp³-hybridized carbons (Fsp3) is 0.889. The van der Waals surface area contributed by atoms with Crippen LogP contribution in [-0.2, 0) is 9.63 Å². The van der Waals surface area contributed by atoms with Crippen LogP contribution in [-0.4, -0.2) is 42.9 Å². The average molecular weight is 218 g/mol. The third-order valence-electron chi connectivity index (χ3n) is 3.07. The molecule has 82 valence electrons. The summed E-state index contributed by atoms with van der Waals surface area (Å²) in [6.07, 6.45) is 1.78. The molecule has 4 nitrogen and oxygen atoms in total. The molecule has 14 heavy (non-hydrogen) atoms. The van der Waals surface area contributed by atoms with Gasteiger partial charge in [-0.05, 0) is 12.8 Å². The topological polar surface area (TPSA) is 32.8 Å². The van der Waals surface area contributed by atoms with Gasteiger partial charge in [-0.2, -0.15) is 0 Å². The van der Waals surface area contributed by atoms with Gasteiger partial charge in [0.15, 0.2) is 0 Å². The van der Waals surface area contributed by atoms with E-state index in [1.54, 1.807) is 7.05 Å². The van der Waals surface area contributed by atoms with Gasteiger partial charge in [-0.3, -0.25) is 14.3 Å². The summed E-state index contributed by atoms with van der Waals surface area (Å²) < 4.78 is 2.12. The number of rotatable bonds is 3. The lowest BCUT2D eigenvalue weighted by Crippen LogP contribution is -2.42. The highest BCUT2D eigenvalue weighted by Gasteiger charge is 2.43. The molecule has 0 aliphatic carbocycles. The second kappa shape index (κ2) is 4.56. The van der Waals surface area contributed by atoms with Gasteiger partial charge in [0.1, 0.15) is 0 Å². The zero-order valence-electron chi connectivity index (χ0n) is 9.12. The minimum atomic E-state index is -0.244. The van der Waals surface area contributed by atoms with Gasteiger partial charge in [0.25, 0.3) is 5.91 Å². The van der Waals surface area contributed by atoms with E-state index in [-0.39, 0.29) is 11.3 Å². The van der Waals surface area contributed by atoms with Gasteiger partial charge >= 0.3 is 0 Å². The predicted octanol–water partition coefficient (Wildman–Crippen LogP) is 0.898. The van der Waals surface area contributed by atoms with Crippen molar-refractivity contribution in [1.82, 2.24) is 9.73 Å². The minimum absolute atomic E-state index is 0.0902. The molecule has 1 rings (SSSR count). The van der Waals surface area contributed by atoms with Gasteiger partial charge in [0.2, 0.25) is 0 Å². The number of hydrogen-bond donors (Lipinski definition) is 0. The first-order valence-electron chi connectivity index (χ1n) is 4.87. The first-order chi connectivity index (χ1) is 6.55. The van der Waals surface area contributed by atoms with E-state index in [1.165, 1.54) is 12.2 Å². The van der Waals surface area contributed by atoms with Crippen LogP contribution in [0.2, 0.25) is 0 Å². The number of amides is 1. The molecule has 0 aromatic carbocycles. The minimum Gasteiger partial charge on any atom is -0.286 e. The summed E-state index contributed by atoms with van der Waals surface area (Å²) in [5, 5.41) is 1.34. The van der Waals surface area contributed by atoms with Crippen molar-refractivity contribution in [3.63, 3.8) is 0 Å². The van der Waals surface area contributed by atoms with E-state index in [1.807, 2.05) is 0 Å². The van der Waals surface area contributed by atoms with Gasteiger partial charge in [0, 0.05) is 20.1 Å². The molecule has 0 aromatic heterocycles. The molecule has 0 saturated carbocycles. The lowest BCUT2D eigenvalue weighted by molar-refractivity contribution is -0.179. The number of nitrogens with zero attached hydrogens (tertiary/aromatic N) is 2. The smallest absolute Gasteiger partial charge is 0.253 e. The zero-order chi connectivity index (χ0) is 10.8. The molecular weight excluding hydrogens is 199 g/mol. The largest absolute Gasteiger partial charge is 0.286 e. The van der Waals surface area contributed by atoms with E-state index < -0.39 is 0 Å². The van der Waals surface area contributed by atoms with Crippen molar-refractivity contribution in [2.75, 3.05) is 27.2 Å². The molecule has 1 saturated heterocycles. The molecule has 1 aliphatic heterocycles. The molecule has 0 bridgehead atoms. The second-order valence-corrected chi connectivity index (χ2v) is 4.57. The van der Waals surface area contributed by atoms with Crippen LogP contribution < -0.4 is 0 Å². The fourth-order valence-electron chi connectivity index (χ4n) is 1.94. The summed E-state index contributed by atoms with van der Waals surface area (Å²) in [4.78, 5) is 17.0. The fourth-order valence-corrected chi connectivity index (χ4v) is 2.41. The SMILES string of the molecule is CCC1(C(=O)N(C)OC)CCN(P)C1. The Labute approximate surface area is 87.8 Å². The maximum atomic E-state index is 12.0. The Hall–Kier alpha value is -0.180. The Balaban J connectivity index is 2.75. The van der Waals surface area contributed by atoms with Crippen LogP contribution in [0.1, 0.15) is 19.8 Å². The van der Waals surface area contributed by atoms with Gasteiger partial charge in [-0.25, -0.2) is 5.06 Å². The summed E-state index contributed by atoms with van der Waals surface area (Å²) in [6.45, 7) is 3.83. The van der Waals surface area contributed by atoms with Gasteiger partial charge in [-0.1, -0.05) is 16.3 Å². The summed E-state index contributed by atoms with van der Waals surface area (Å²) in [7, 11) is 5.85. The van der Waals surface area contributed by atoms with E-state index >= 15 is 0 Å². The normalized spacial score (nSPS) is 28.0. The number of carbonyl (C=O) groups is 1. The Morgan fingerprint density at radius 3 is 2.71 bits per heavy atom. The lowest BCUT2D eigenvalue weighted by atomic mass is 9.83. The standard InChI is InChI=1S/C9H19N2O2P/c1-4-9(5-6-11(14)7-9)8(12)10(2)13-3/h4-7,14H2,1-3H3. The van der Waals surface area contributed by atoms with Crippen LogP contribution in [0.3, 0.4) is 0 Å². The maximum absolute atomic E-state index is 12.0. The summed E-state index contributed by atoms with van der Waals surface area (Å²) in [5.74, 6) is 0.0902. The molecule has 5 heteroatoms. The molecule has 1 heterocycles. The molecule has 2 unspecified atom stereocenters. The van der Waals surface area contributed by atoms with Crippen LogP contribution in [0, 0.1) is 5.41 Å². The highest BCUT2D eigenvalue weighted by Crippen LogP contribution is 2.36. The highest BCUT2D eigenvalue weighted by molar-refractivity contribution is 7.13. The molecule has 1 aliphatic rings. The summed E-state index contributed by atoms with van der Waals surface area (Å²) in [6, 6.07) is 0. The van der Waals surface area contributed by atoms with Crippen molar-refractivity contribution in [3.05, 3.63) is 0 Å². The van der Waals surface area contributed by atoms with E-state index in [0.717, 1.165) is 25.9 Å². The van der Waals surface area contributed by atoms with Crippen LogP contribution >= 0.6 is 9.39 Å². The Kier molecular flexibility index (Phi) is 3.87. The molecule has 1 amide bonds. The molecule has 0 N–H and O–H groups in total. The van der Waals surface area contributed by atoms with Crippen LogP contribution in [0.15, 0.2) is 0 Å². The van der Waals surface area contributed by atoms with Crippen molar-refractivity contribution in [2.24, 2.45) is 5.41 Å². The van der Waals surface area contributed by atoms with E-state index in [0.29, 0.717) is 0 Å². The monoisotopic (exact) mass is 218 g/mol.